The first-order valence-electron chi connectivity index (χ1n) is 12.8. The minimum atomic E-state index is -4.69. The van der Waals surface area contributed by atoms with Crippen LogP contribution in [-0.2, 0) is 0 Å². The highest BCUT2D eigenvalue weighted by Crippen LogP contribution is 2.63. The van der Waals surface area contributed by atoms with Crippen molar-refractivity contribution in [2.45, 2.75) is 0 Å². The summed E-state index contributed by atoms with van der Waals surface area (Å²) in [5.41, 5.74) is 1.72. The second-order valence-corrected chi connectivity index (χ2v) is 13.6. The second kappa shape index (κ2) is 14.5. The quantitative estimate of drug-likeness (QED) is 0.266. The third-order valence-electron chi connectivity index (χ3n) is 6.34. The summed E-state index contributed by atoms with van der Waals surface area (Å²) in [5, 5.41) is 6.69. The zero-order valence-electron chi connectivity index (χ0n) is 22.5. The van der Waals surface area contributed by atoms with E-state index in [1.165, 1.54) is 12.1 Å². The van der Waals surface area contributed by atoms with E-state index in [9.17, 15) is 9.18 Å². The molecule has 1 amide bonds. The second-order valence-electron chi connectivity index (χ2n) is 9.06. The standard InChI is InChI=1S/C33H24ClFNOP.ClHO4/c34-31(25-21-23-27(35)24-22-25)33(36-32(37)26-13-5-1-6-14-26)38(28-15-7-2-8-16-28,29-17-9-3-10-18-29)30-19-11-4-12-20-30;2-1(3,4)5/h1-24H;(H,2,3,4,5)/p+1. The number of nitrogens with one attached hydrogen (secondary N) is 1. The molecule has 0 saturated heterocycles. The van der Waals surface area contributed by atoms with Crippen molar-refractivity contribution >= 4 is 45.7 Å². The lowest BCUT2D eigenvalue weighted by atomic mass is 10.2. The van der Waals surface area contributed by atoms with E-state index in [4.69, 9.17) is 30.2 Å². The van der Waals surface area contributed by atoms with Gasteiger partial charge in [-0.3, -0.25) is 10.1 Å². The van der Waals surface area contributed by atoms with E-state index in [0.717, 1.165) is 15.9 Å². The van der Waals surface area contributed by atoms with Gasteiger partial charge in [-0.05, 0) is 66.2 Å². The van der Waals surface area contributed by atoms with Crippen LogP contribution in [0.3, 0.4) is 0 Å². The molecule has 5 rings (SSSR count). The zero-order valence-corrected chi connectivity index (χ0v) is 24.9. The summed E-state index contributed by atoms with van der Waals surface area (Å²) < 4.78 is 46.6. The number of halogens is 3. The van der Waals surface area contributed by atoms with Gasteiger partial charge in [0.25, 0.3) is 5.91 Å². The molecule has 0 aliphatic carbocycles. The molecule has 5 aromatic carbocycles. The Morgan fingerprint density at radius 3 is 1.35 bits per heavy atom. The van der Waals surface area contributed by atoms with E-state index in [-0.39, 0.29) is 11.7 Å². The van der Waals surface area contributed by atoms with E-state index >= 15 is 0 Å². The molecule has 0 radical (unpaired) electrons. The van der Waals surface area contributed by atoms with Crippen LogP contribution >= 0.6 is 18.9 Å². The molecule has 0 fully saturated rings. The summed E-state index contributed by atoms with van der Waals surface area (Å²) in [6.07, 6.45) is 0. The van der Waals surface area contributed by atoms with E-state index in [1.54, 1.807) is 24.3 Å². The predicted molar refractivity (Wildman–Crippen MR) is 160 cm³/mol. The van der Waals surface area contributed by atoms with Crippen LogP contribution in [0, 0.1) is 16.1 Å². The van der Waals surface area contributed by atoms with E-state index in [2.05, 4.69) is 41.7 Å². The average Bonchev–Trinajstić information content (AvgIpc) is 3.02. The summed E-state index contributed by atoms with van der Waals surface area (Å²) >= 11 is 7.26. The monoisotopic (exact) mass is 636 g/mol. The molecule has 0 unspecified atom stereocenters. The van der Waals surface area contributed by atoms with Crippen LogP contribution in [0.2, 0.25) is 0 Å². The van der Waals surface area contributed by atoms with Crippen LogP contribution < -0.4 is 35.2 Å². The molecule has 0 atom stereocenters. The van der Waals surface area contributed by atoms with Gasteiger partial charge < -0.3 is 0 Å². The molecule has 218 valence electrons. The smallest absolute Gasteiger partial charge is 0.258 e. The Bertz CT molecular complexity index is 1550. The number of hydrogen-bond donors (Lipinski definition) is 2. The van der Waals surface area contributed by atoms with E-state index < -0.39 is 17.5 Å². The normalized spacial score (nSPS) is 12.0. The van der Waals surface area contributed by atoms with Crippen LogP contribution in [0.25, 0.3) is 5.03 Å². The number of carbonyl (C=O) groups excluding carboxylic acids is 1. The van der Waals surface area contributed by atoms with Gasteiger partial charge in [-0.1, -0.05) is 96.5 Å². The van der Waals surface area contributed by atoms with Crippen molar-refractivity contribution in [2.24, 2.45) is 0 Å². The van der Waals surface area contributed by atoms with Crippen molar-refractivity contribution in [3.63, 3.8) is 0 Å². The van der Waals surface area contributed by atoms with E-state index in [1.807, 2.05) is 72.8 Å². The Labute approximate surface area is 256 Å². The van der Waals surface area contributed by atoms with Crippen LogP contribution in [-0.4, -0.2) is 10.6 Å². The highest BCUT2D eigenvalue weighted by Gasteiger charge is 2.52. The lowest BCUT2D eigenvalue weighted by Crippen LogP contribution is -2.58. The lowest BCUT2D eigenvalue weighted by molar-refractivity contribution is -1.92. The Hall–Kier alpha value is -3.91. The zero-order chi connectivity index (χ0) is 30.9. The SMILES string of the molecule is O=C(NC(=C(Cl)c1ccc(F)cc1)[P+](c1ccccc1)(c1ccccc1)c1ccccc1)c1ccccc1.[O-][Cl+3]([O-])([O-])O. The molecule has 0 aromatic heterocycles. The Kier molecular flexibility index (Phi) is 10.8. The van der Waals surface area contributed by atoms with Crippen LogP contribution in [0.15, 0.2) is 151 Å². The molecule has 0 spiro atoms. The average molecular weight is 637 g/mol. The van der Waals surface area contributed by atoms with Gasteiger partial charge in [0, 0.05) is 5.56 Å². The van der Waals surface area contributed by atoms with Crippen LogP contribution in [0.1, 0.15) is 15.9 Å². The molecular weight excluding hydrogens is 611 g/mol. The van der Waals surface area contributed by atoms with Gasteiger partial charge in [0.2, 0.25) is 0 Å². The number of carbonyl (C=O) groups is 1. The Morgan fingerprint density at radius 2 is 0.977 bits per heavy atom. The maximum atomic E-state index is 13.9. The molecule has 0 aliphatic rings. The van der Waals surface area contributed by atoms with Crippen LogP contribution in [0.5, 0.6) is 0 Å². The molecule has 2 N–H and O–H groups in total. The predicted octanol–water partition coefficient (Wildman–Crippen LogP) is 2.99. The van der Waals surface area contributed by atoms with Crippen molar-refractivity contribution in [1.82, 2.24) is 5.32 Å². The van der Waals surface area contributed by atoms with Gasteiger partial charge in [-0.25, -0.2) is 4.39 Å². The molecule has 0 heterocycles. The Balaban J connectivity index is 0.000000782. The first kappa shape index (κ1) is 32.0. The van der Waals surface area contributed by atoms with Crippen molar-refractivity contribution < 1.29 is 38.1 Å². The molecule has 0 saturated carbocycles. The maximum Gasteiger partial charge on any atom is 0.258 e. The first-order chi connectivity index (χ1) is 20.6. The third-order valence-corrected chi connectivity index (χ3v) is 11.1. The number of amides is 1. The summed E-state index contributed by atoms with van der Waals surface area (Å²) in [7, 11) is -7.44. The summed E-state index contributed by atoms with van der Waals surface area (Å²) in [4.78, 5) is 13.7. The first-order valence-corrected chi connectivity index (χ1v) is 16.3. The lowest BCUT2D eigenvalue weighted by Gasteiger charge is -2.30. The molecular formula is C33H26Cl2FNO5P+. The highest BCUT2D eigenvalue weighted by atomic mass is 35.7. The molecule has 0 aliphatic heterocycles. The van der Waals surface area contributed by atoms with Crippen molar-refractivity contribution in [2.75, 3.05) is 0 Å². The van der Waals surface area contributed by atoms with Gasteiger partial charge in [0.05, 0.1) is 14.9 Å². The number of benzene rings is 5. The van der Waals surface area contributed by atoms with Crippen molar-refractivity contribution in [3.8, 4) is 0 Å². The topological polar surface area (TPSA) is 119 Å². The summed E-state index contributed by atoms with van der Waals surface area (Å²) in [6, 6.07) is 45.5. The van der Waals surface area contributed by atoms with Gasteiger partial charge in [0.15, 0.2) is 12.7 Å². The number of rotatable bonds is 7. The van der Waals surface area contributed by atoms with Gasteiger partial charge in [0.1, 0.15) is 26.8 Å². The molecule has 43 heavy (non-hydrogen) atoms. The fraction of sp³-hybridized carbons (Fsp3) is 0. The van der Waals surface area contributed by atoms with E-state index in [0.29, 0.717) is 21.6 Å². The van der Waals surface area contributed by atoms with Gasteiger partial charge in [-0.15, -0.1) is 0 Å². The van der Waals surface area contributed by atoms with Gasteiger partial charge >= 0.3 is 0 Å². The Morgan fingerprint density at radius 1 is 0.628 bits per heavy atom. The summed E-state index contributed by atoms with van der Waals surface area (Å²) in [6.45, 7) is 0. The number of hydrogen-bond acceptors (Lipinski definition) is 5. The minimum Gasteiger partial charge on any atom is -0.291 e. The fourth-order valence-corrected chi connectivity index (χ4v) is 9.35. The maximum absolute atomic E-state index is 13.9. The third kappa shape index (κ3) is 8.14. The molecule has 5 aromatic rings. The van der Waals surface area contributed by atoms with Crippen molar-refractivity contribution in [1.29, 1.82) is 0 Å². The van der Waals surface area contributed by atoms with Crippen molar-refractivity contribution in [3.05, 3.63) is 168 Å². The van der Waals surface area contributed by atoms with Gasteiger partial charge in [-0.2, -0.15) is 14.0 Å². The molecule has 6 nitrogen and oxygen atoms in total. The fourth-order valence-electron chi connectivity index (χ4n) is 4.58. The minimum absolute atomic E-state index is 0.270. The highest BCUT2D eigenvalue weighted by molar-refractivity contribution is 7.99. The molecule has 0 bridgehead atoms. The summed E-state index contributed by atoms with van der Waals surface area (Å²) in [5.74, 6) is -0.628. The van der Waals surface area contributed by atoms with Crippen LogP contribution in [0.4, 0.5) is 4.39 Å². The molecule has 10 heteroatoms. The largest absolute Gasteiger partial charge is 0.291 e.